The normalized spacial score (nSPS) is 17.0. The molecule has 5 heteroatoms. The highest BCUT2D eigenvalue weighted by molar-refractivity contribution is 6.07. The van der Waals surface area contributed by atoms with Crippen LogP contribution in [0.5, 0.6) is 0 Å². The fourth-order valence-electron chi connectivity index (χ4n) is 3.17. The molecule has 2 heterocycles. The molecule has 0 spiro atoms. The lowest BCUT2D eigenvalue weighted by molar-refractivity contribution is 0.0525. The molecule has 0 aliphatic carbocycles. The molecule has 5 nitrogen and oxygen atoms in total. The van der Waals surface area contributed by atoms with E-state index in [-0.39, 0.29) is 24.1 Å². The van der Waals surface area contributed by atoms with Gasteiger partial charge < -0.3 is 14.6 Å². The van der Waals surface area contributed by atoms with Gasteiger partial charge in [0.25, 0.3) is 11.5 Å². The van der Waals surface area contributed by atoms with Crippen LogP contribution in [0.3, 0.4) is 0 Å². The van der Waals surface area contributed by atoms with Gasteiger partial charge in [-0.05, 0) is 32.3 Å². The van der Waals surface area contributed by atoms with E-state index < -0.39 is 0 Å². The van der Waals surface area contributed by atoms with E-state index in [1.807, 2.05) is 24.3 Å². The summed E-state index contributed by atoms with van der Waals surface area (Å²) in [6, 6.07) is 7.42. The number of hydrogen-bond acceptors (Lipinski definition) is 3. The summed E-state index contributed by atoms with van der Waals surface area (Å²) in [5.74, 6) is 5.73. The van der Waals surface area contributed by atoms with Gasteiger partial charge in [0.15, 0.2) is 0 Å². The first-order chi connectivity index (χ1) is 12.1. The largest absolute Gasteiger partial charge is 0.366 e. The minimum absolute atomic E-state index is 0.0303. The summed E-state index contributed by atoms with van der Waals surface area (Å²) < 4.78 is 7.12. The van der Waals surface area contributed by atoms with Gasteiger partial charge in [0, 0.05) is 24.6 Å². The van der Waals surface area contributed by atoms with Gasteiger partial charge >= 0.3 is 0 Å². The average molecular weight is 338 g/mol. The third-order valence-corrected chi connectivity index (χ3v) is 4.54. The molecule has 1 aromatic carbocycles. The summed E-state index contributed by atoms with van der Waals surface area (Å²) in [6.45, 7) is 2.68. The molecule has 0 bridgehead atoms. The van der Waals surface area contributed by atoms with Gasteiger partial charge in [0.2, 0.25) is 0 Å². The van der Waals surface area contributed by atoms with E-state index in [1.54, 1.807) is 18.5 Å². The summed E-state index contributed by atoms with van der Waals surface area (Å²) >= 11 is 0. The number of hydrogen-bond donors (Lipinski definition) is 1. The van der Waals surface area contributed by atoms with Crippen LogP contribution in [0.4, 0.5) is 0 Å². The molecule has 2 aromatic rings. The highest BCUT2D eigenvalue weighted by atomic mass is 16.5. The molecule has 130 valence electrons. The van der Waals surface area contributed by atoms with Gasteiger partial charge in [-0.25, -0.2) is 0 Å². The van der Waals surface area contributed by atoms with Crippen LogP contribution < -0.4 is 10.9 Å². The van der Waals surface area contributed by atoms with Crippen LogP contribution in [0.15, 0.2) is 29.1 Å². The van der Waals surface area contributed by atoms with E-state index in [0.29, 0.717) is 11.1 Å². The topological polar surface area (TPSA) is 60.3 Å². The van der Waals surface area contributed by atoms with Crippen LogP contribution in [-0.2, 0) is 11.8 Å². The zero-order valence-electron chi connectivity index (χ0n) is 14.6. The SMILES string of the molecule is Cc1c(C(=O)NCC#CC2CCCCO2)c2ccccc2n(C)c1=O. The second kappa shape index (κ2) is 7.54. The fraction of sp³-hybridized carbons (Fsp3) is 0.400. The first kappa shape index (κ1) is 17.2. The lowest BCUT2D eigenvalue weighted by Gasteiger charge is -2.17. The molecule has 1 fully saturated rings. The Kier molecular flexibility index (Phi) is 5.20. The van der Waals surface area contributed by atoms with Crippen molar-refractivity contribution in [1.82, 2.24) is 9.88 Å². The van der Waals surface area contributed by atoms with Crippen LogP contribution >= 0.6 is 0 Å². The number of pyridine rings is 1. The third kappa shape index (κ3) is 3.59. The molecule has 1 aliphatic heterocycles. The number of nitrogens with one attached hydrogen (secondary N) is 1. The maximum Gasteiger partial charge on any atom is 0.254 e. The molecule has 0 saturated carbocycles. The summed E-state index contributed by atoms with van der Waals surface area (Å²) in [5, 5.41) is 3.57. The first-order valence-corrected chi connectivity index (χ1v) is 8.56. The van der Waals surface area contributed by atoms with Gasteiger partial charge in [-0.1, -0.05) is 30.0 Å². The Morgan fingerprint density at radius 1 is 1.36 bits per heavy atom. The standard InChI is InChI=1S/C20H22N2O3/c1-14-18(16-10-3-4-11-17(16)22(2)20(14)24)19(23)21-12-7-9-15-8-5-6-13-25-15/h3-4,10-11,15H,5-6,8,12-13H2,1-2H3,(H,21,23). The third-order valence-electron chi connectivity index (χ3n) is 4.54. The van der Waals surface area contributed by atoms with Crippen LogP contribution in [0.2, 0.25) is 0 Å². The summed E-state index contributed by atoms with van der Waals surface area (Å²) in [4.78, 5) is 25.0. The van der Waals surface area contributed by atoms with Crippen molar-refractivity contribution in [2.45, 2.75) is 32.3 Å². The second-order valence-electron chi connectivity index (χ2n) is 6.24. The van der Waals surface area contributed by atoms with Crippen molar-refractivity contribution in [2.24, 2.45) is 7.05 Å². The molecule has 1 amide bonds. The predicted molar refractivity (Wildman–Crippen MR) is 97.6 cm³/mol. The number of para-hydroxylation sites is 1. The van der Waals surface area contributed by atoms with E-state index in [9.17, 15) is 9.59 Å². The Bertz CT molecular complexity index is 912. The Morgan fingerprint density at radius 3 is 2.92 bits per heavy atom. The Labute approximate surface area is 147 Å². The molecule has 1 N–H and O–H groups in total. The number of carbonyl (C=O) groups is 1. The number of rotatable bonds is 2. The van der Waals surface area contributed by atoms with Gasteiger partial charge in [0.1, 0.15) is 6.10 Å². The number of benzene rings is 1. The molecule has 25 heavy (non-hydrogen) atoms. The van der Waals surface area contributed by atoms with Gasteiger partial charge in [-0.3, -0.25) is 9.59 Å². The number of fused-ring (bicyclic) bond motifs is 1. The minimum atomic E-state index is -0.273. The molecule has 3 rings (SSSR count). The zero-order valence-corrected chi connectivity index (χ0v) is 14.6. The summed E-state index contributed by atoms with van der Waals surface area (Å²) in [7, 11) is 1.72. The van der Waals surface area contributed by atoms with E-state index in [1.165, 1.54) is 0 Å². The van der Waals surface area contributed by atoms with Crippen LogP contribution in [0.1, 0.15) is 35.2 Å². The average Bonchev–Trinajstić information content (AvgIpc) is 2.64. The van der Waals surface area contributed by atoms with Crippen molar-refractivity contribution in [3.8, 4) is 11.8 Å². The molecule has 0 radical (unpaired) electrons. The van der Waals surface area contributed by atoms with Crippen molar-refractivity contribution in [3.05, 3.63) is 45.7 Å². The number of carbonyl (C=O) groups excluding carboxylic acids is 1. The number of aryl methyl sites for hydroxylation is 1. The highest BCUT2D eigenvalue weighted by Crippen LogP contribution is 2.19. The Balaban J connectivity index is 1.81. The monoisotopic (exact) mass is 338 g/mol. The molecule has 1 unspecified atom stereocenters. The number of aromatic nitrogens is 1. The van der Waals surface area contributed by atoms with Crippen molar-refractivity contribution in [3.63, 3.8) is 0 Å². The Hall–Kier alpha value is -2.58. The maximum atomic E-state index is 12.6. The van der Waals surface area contributed by atoms with Crippen molar-refractivity contribution in [2.75, 3.05) is 13.2 Å². The molecule has 1 aliphatic rings. The molecule has 1 atom stereocenters. The van der Waals surface area contributed by atoms with E-state index >= 15 is 0 Å². The highest BCUT2D eigenvalue weighted by Gasteiger charge is 2.17. The van der Waals surface area contributed by atoms with Gasteiger partial charge in [-0.15, -0.1) is 0 Å². The molecular formula is C20H22N2O3. The summed E-state index contributed by atoms with van der Waals surface area (Å²) in [5.41, 5.74) is 1.45. The van der Waals surface area contributed by atoms with Crippen LogP contribution in [0.25, 0.3) is 10.9 Å². The molecular weight excluding hydrogens is 316 g/mol. The van der Waals surface area contributed by atoms with E-state index in [4.69, 9.17) is 4.74 Å². The fourth-order valence-corrected chi connectivity index (χ4v) is 3.17. The Morgan fingerprint density at radius 2 is 2.16 bits per heavy atom. The van der Waals surface area contributed by atoms with Crippen molar-refractivity contribution >= 4 is 16.8 Å². The number of amides is 1. The van der Waals surface area contributed by atoms with E-state index in [0.717, 1.165) is 36.8 Å². The minimum Gasteiger partial charge on any atom is -0.366 e. The van der Waals surface area contributed by atoms with Crippen LogP contribution in [0, 0.1) is 18.8 Å². The predicted octanol–water partition coefficient (Wildman–Crippen LogP) is 2.15. The van der Waals surface area contributed by atoms with Crippen molar-refractivity contribution in [1.29, 1.82) is 0 Å². The lowest BCUT2D eigenvalue weighted by Crippen LogP contribution is -2.30. The van der Waals surface area contributed by atoms with Gasteiger partial charge in [-0.2, -0.15) is 0 Å². The molecule has 1 saturated heterocycles. The zero-order chi connectivity index (χ0) is 17.8. The number of ether oxygens (including phenoxy) is 1. The lowest BCUT2D eigenvalue weighted by atomic mass is 10.0. The second-order valence-corrected chi connectivity index (χ2v) is 6.24. The van der Waals surface area contributed by atoms with Crippen LogP contribution in [-0.4, -0.2) is 29.7 Å². The smallest absolute Gasteiger partial charge is 0.254 e. The maximum absolute atomic E-state index is 12.6. The first-order valence-electron chi connectivity index (χ1n) is 8.56. The van der Waals surface area contributed by atoms with Gasteiger partial charge in [0.05, 0.1) is 17.6 Å². The van der Waals surface area contributed by atoms with Crippen molar-refractivity contribution < 1.29 is 9.53 Å². The number of nitrogens with zero attached hydrogens (tertiary/aromatic N) is 1. The molecule has 1 aromatic heterocycles. The summed E-state index contributed by atoms with van der Waals surface area (Å²) in [6.07, 6.45) is 3.13. The quantitative estimate of drug-likeness (QED) is 0.854. The van der Waals surface area contributed by atoms with E-state index in [2.05, 4.69) is 17.2 Å².